The van der Waals surface area contributed by atoms with E-state index in [1.165, 1.54) is 25.7 Å². The maximum atomic E-state index is 12.9. The largest absolute Gasteiger partial charge is 0.285 e. The molecule has 1 heterocycles. The first-order chi connectivity index (χ1) is 13.7. The van der Waals surface area contributed by atoms with Gasteiger partial charge in [-0.15, -0.1) is 0 Å². The van der Waals surface area contributed by atoms with Crippen LogP contribution in [0.5, 0.6) is 0 Å². The van der Waals surface area contributed by atoms with E-state index >= 15 is 0 Å². The SMILES string of the molecule is Cc1c(C(C)C)c(=O)n(-c2ccc(S(=O)(=O)NCC3CCCCCC3)cc2)n1C. The van der Waals surface area contributed by atoms with Gasteiger partial charge in [0, 0.05) is 24.8 Å². The number of sulfonamides is 1. The summed E-state index contributed by atoms with van der Waals surface area (Å²) in [5.41, 5.74) is 2.32. The van der Waals surface area contributed by atoms with Gasteiger partial charge in [-0.3, -0.25) is 9.48 Å². The van der Waals surface area contributed by atoms with E-state index in [4.69, 9.17) is 0 Å². The van der Waals surface area contributed by atoms with Gasteiger partial charge in [0.05, 0.1) is 10.6 Å². The van der Waals surface area contributed by atoms with E-state index in [0.29, 0.717) is 18.2 Å². The van der Waals surface area contributed by atoms with Crippen molar-refractivity contribution in [2.75, 3.05) is 6.54 Å². The predicted molar refractivity (Wildman–Crippen MR) is 116 cm³/mol. The van der Waals surface area contributed by atoms with Crippen LogP contribution < -0.4 is 10.3 Å². The van der Waals surface area contributed by atoms with Crippen molar-refractivity contribution >= 4 is 10.0 Å². The monoisotopic (exact) mass is 419 g/mol. The van der Waals surface area contributed by atoms with Crippen LogP contribution >= 0.6 is 0 Å². The number of rotatable bonds is 6. The number of aromatic nitrogens is 2. The normalized spacial score (nSPS) is 16.3. The van der Waals surface area contributed by atoms with Gasteiger partial charge in [-0.1, -0.05) is 39.5 Å². The van der Waals surface area contributed by atoms with Crippen molar-refractivity contribution in [1.82, 2.24) is 14.1 Å². The maximum absolute atomic E-state index is 12.9. The molecule has 0 saturated heterocycles. The van der Waals surface area contributed by atoms with Crippen LogP contribution in [0.25, 0.3) is 5.69 Å². The second-order valence-corrected chi connectivity index (χ2v) is 10.3. The average Bonchev–Trinajstić information content (AvgIpc) is 2.86. The summed E-state index contributed by atoms with van der Waals surface area (Å²) in [4.78, 5) is 13.1. The molecule has 0 radical (unpaired) electrons. The van der Waals surface area contributed by atoms with Crippen molar-refractivity contribution in [1.29, 1.82) is 0 Å². The van der Waals surface area contributed by atoms with E-state index in [0.717, 1.165) is 24.1 Å². The molecule has 2 aromatic rings. The molecular formula is C22H33N3O3S. The molecule has 1 aliphatic carbocycles. The molecule has 0 amide bonds. The molecule has 1 N–H and O–H groups in total. The van der Waals surface area contributed by atoms with Crippen LogP contribution in [0.3, 0.4) is 0 Å². The Balaban J connectivity index is 1.79. The van der Waals surface area contributed by atoms with Crippen LogP contribution in [0.15, 0.2) is 34.0 Å². The number of hydrogen-bond donors (Lipinski definition) is 1. The Morgan fingerprint density at radius 2 is 1.66 bits per heavy atom. The fourth-order valence-corrected chi connectivity index (χ4v) is 5.45. The van der Waals surface area contributed by atoms with Crippen LogP contribution in [0.4, 0.5) is 0 Å². The van der Waals surface area contributed by atoms with Crippen LogP contribution in [-0.4, -0.2) is 24.3 Å². The van der Waals surface area contributed by atoms with Crippen LogP contribution in [0, 0.1) is 12.8 Å². The Bertz CT molecular complexity index is 993. The fraction of sp³-hybridized carbons (Fsp3) is 0.591. The van der Waals surface area contributed by atoms with Gasteiger partial charge in [0.25, 0.3) is 5.56 Å². The molecule has 0 unspecified atom stereocenters. The molecule has 7 heteroatoms. The Morgan fingerprint density at radius 3 is 2.17 bits per heavy atom. The number of benzene rings is 1. The zero-order valence-electron chi connectivity index (χ0n) is 17.9. The molecule has 0 bridgehead atoms. The molecule has 160 valence electrons. The molecule has 1 aliphatic rings. The summed E-state index contributed by atoms with van der Waals surface area (Å²) >= 11 is 0. The minimum absolute atomic E-state index is 0.0536. The average molecular weight is 420 g/mol. The van der Waals surface area contributed by atoms with Gasteiger partial charge >= 0.3 is 0 Å². The lowest BCUT2D eigenvalue weighted by Gasteiger charge is -2.15. The first kappa shape index (κ1) is 21.8. The minimum atomic E-state index is -3.55. The standard InChI is InChI=1S/C22H33N3O3S/c1-16(2)21-17(3)24(4)25(22(21)26)19-11-13-20(14-12-19)29(27,28)23-15-18-9-7-5-6-8-10-18/h11-14,16,18,23H,5-10,15H2,1-4H3. The molecule has 1 saturated carbocycles. The fourth-order valence-electron chi connectivity index (χ4n) is 4.33. The third kappa shape index (κ3) is 4.67. The number of nitrogens with zero attached hydrogens (tertiary/aromatic N) is 2. The summed E-state index contributed by atoms with van der Waals surface area (Å²) in [5, 5.41) is 0. The van der Waals surface area contributed by atoms with Crippen molar-refractivity contribution < 1.29 is 8.42 Å². The Labute approximate surface area is 174 Å². The van der Waals surface area contributed by atoms with Crippen LogP contribution in [0.1, 0.15) is 69.5 Å². The Morgan fingerprint density at radius 1 is 1.07 bits per heavy atom. The van der Waals surface area contributed by atoms with Gasteiger partial charge in [0.2, 0.25) is 10.0 Å². The Hall–Kier alpha value is -1.86. The van der Waals surface area contributed by atoms with E-state index in [1.807, 2.05) is 32.5 Å². The quantitative estimate of drug-likeness (QED) is 0.723. The van der Waals surface area contributed by atoms with Gasteiger partial charge in [0.1, 0.15) is 0 Å². The summed E-state index contributed by atoms with van der Waals surface area (Å²) in [6.45, 7) is 6.44. The highest BCUT2D eigenvalue weighted by Crippen LogP contribution is 2.23. The van der Waals surface area contributed by atoms with Crippen molar-refractivity contribution in [2.45, 2.75) is 70.1 Å². The molecule has 6 nitrogen and oxygen atoms in total. The topological polar surface area (TPSA) is 73.1 Å². The van der Waals surface area contributed by atoms with Crippen LogP contribution in [-0.2, 0) is 17.1 Å². The molecule has 1 aromatic heterocycles. The third-order valence-corrected chi connectivity index (χ3v) is 7.54. The first-order valence-corrected chi connectivity index (χ1v) is 12.1. The van der Waals surface area contributed by atoms with Gasteiger partial charge < -0.3 is 0 Å². The number of nitrogens with one attached hydrogen (secondary N) is 1. The highest BCUT2D eigenvalue weighted by Gasteiger charge is 2.21. The number of hydrogen-bond acceptors (Lipinski definition) is 3. The molecule has 0 atom stereocenters. The van der Waals surface area contributed by atoms with Crippen molar-refractivity contribution in [3.05, 3.63) is 45.9 Å². The summed E-state index contributed by atoms with van der Waals surface area (Å²) < 4.78 is 31.6. The van der Waals surface area contributed by atoms with Gasteiger partial charge in [0.15, 0.2) is 0 Å². The molecule has 1 aromatic carbocycles. The lowest BCUT2D eigenvalue weighted by molar-refractivity contribution is 0.451. The molecule has 3 rings (SSSR count). The smallest absolute Gasteiger partial charge is 0.275 e. The highest BCUT2D eigenvalue weighted by atomic mass is 32.2. The van der Waals surface area contributed by atoms with Crippen LogP contribution in [0.2, 0.25) is 0 Å². The maximum Gasteiger partial charge on any atom is 0.275 e. The third-order valence-electron chi connectivity index (χ3n) is 6.10. The second kappa shape index (κ2) is 8.88. The molecule has 29 heavy (non-hydrogen) atoms. The molecule has 0 spiro atoms. The van der Waals surface area contributed by atoms with Gasteiger partial charge in [-0.25, -0.2) is 17.8 Å². The second-order valence-electron chi connectivity index (χ2n) is 8.50. The molecule has 0 aliphatic heterocycles. The van der Waals surface area contributed by atoms with Gasteiger partial charge in [-0.2, -0.15) is 0 Å². The van der Waals surface area contributed by atoms with E-state index in [1.54, 1.807) is 28.9 Å². The Kier molecular flexibility index (Phi) is 6.69. The van der Waals surface area contributed by atoms with Crippen molar-refractivity contribution in [3.8, 4) is 5.69 Å². The summed E-state index contributed by atoms with van der Waals surface area (Å²) in [7, 11) is -1.70. The summed E-state index contributed by atoms with van der Waals surface area (Å²) in [6, 6.07) is 6.56. The van der Waals surface area contributed by atoms with E-state index < -0.39 is 10.0 Å². The molecular weight excluding hydrogens is 386 g/mol. The van der Waals surface area contributed by atoms with Crippen molar-refractivity contribution in [2.24, 2.45) is 13.0 Å². The molecule has 1 fully saturated rings. The zero-order valence-corrected chi connectivity index (χ0v) is 18.8. The first-order valence-electron chi connectivity index (χ1n) is 10.6. The summed E-state index contributed by atoms with van der Waals surface area (Å²) in [6.07, 6.45) is 7.06. The lowest BCUT2D eigenvalue weighted by Crippen LogP contribution is -2.29. The van der Waals surface area contributed by atoms with E-state index in [2.05, 4.69) is 4.72 Å². The lowest BCUT2D eigenvalue weighted by atomic mass is 10.0. The minimum Gasteiger partial charge on any atom is -0.285 e. The highest BCUT2D eigenvalue weighted by molar-refractivity contribution is 7.89. The predicted octanol–water partition coefficient (Wildman–Crippen LogP) is 3.86. The van der Waals surface area contributed by atoms with E-state index in [-0.39, 0.29) is 16.4 Å². The van der Waals surface area contributed by atoms with E-state index in [9.17, 15) is 13.2 Å². The van der Waals surface area contributed by atoms with Crippen molar-refractivity contribution in [3.63, 3.8) is 0 Å². The zero-order chi connectivity index (χ0) is 21.2. The van der Waals surface area contributed by atoms with Gasteiger partial charge in [-0.05, 0) is 55.9 Å². The summed E-state index contributed by atoms with van der Waals surface area (Å²) in [5.74, 6) is 0.550.